The molecule has 1 aliphatic heterocycles. The number of aryl methyl sites for hydroxylation is 1. The number of benzene rings is 1. The summed E-state index contributed by atoms with van der Waals surface area (Å²) in [6, 6.07) is 5.99. The number of nitriles is 2. The molecule has 0 fully saturated rings. The number of hydrogen-bond donors (Lipinski definition) is 0. The molecule has 1 heterocycles. The maximum atomic E-state index is 12.0. The number of hydrogen-bond acceptors (Lipinski definition) is 13. The van der Waals surface area contributed by atoms with E-state index in [1.165, 1.54) is 23.5 Å². The Morgan fingerprint density at radius 1 is 0.667 bits per heavy atom. The van der Waals surface area contributed by atoms with Gasteiger partial charge in [0.1, 0.15) is 49.0 Å². The van der Waals surface area contributed by atoms with Gasteiger partial charge in [0.2, 0.25) is 11.5 Å². The van der Waals surface area contributed by atoms with Crippen LogP contribution < -0.4 is 9.47 Å². The highest BCUT2D eigenvalue weighted by Crippen LogP contribution is 2.59. The van der Waals surface area contributed by atoms with E-state index in [9.17, 15) is 24.9 Å². The minimum Gasteiger partial charge on any atom is -0.492 e. The number of carbonyl (C=O) groups excluding carboxylic acids is 3. The van der Waals surface area contributed by atoms with Gasteiger partial charge in [0.25, 0.3) is 0 Å². The van der Waals surface area contributed by atoms with Gasteiger partial charge < -0.3 is 28.4 Å². The number of thioether (sulfide) groups is 2. The Morgan fingerprint density at radius 3 is 1.74 bits per heavy atom. The van der Waals surface area contributed by atoms with Crippen LogP contribution in [0.15, 0.2) is 61.5 Å². The molecule has 1 aliphatic rings. The molecule has 0 N–H and O–H groups in total. The Kier molecular flexibility index (Phi) is 23.1. The molecule has 0 unspecified atom stereocenters. The predicted molar refractivity (Wildman–Crippen MR) is 209 cm³/mol. The van der Waals surface area contributed by atoms with E-state index in [1.54, 1.807) is 25.7 Å². The van der Waals surface area contributed by atoms with E-state index in [-0.39, 0.29) is 36.3 Å². The molecule has 0 radical (unpaired) electrons. The third kappa shape index (κ3) is 17.2. The van der Waals surface area contributed by atoms with Crippen LogP contribution >= 0.6 is 23.5 Å². The zero-order valence-corrected chi connectivity index (χ0v) is 33.4. The molecule has 1 aromatic rings. The third-order valence-electron chi connectivity index (χ3n) is 7.90. The molecule has 11 nitrogen and oxygen atoms in total. The third-order valence-corrected chi connectivity index (χ3v) is 10.5. The lowest BCUT2D eigenvalue weighted by molar-refractivity contribution is -0.144. The summed E-state index contributed by atoms with van der Waals surface area (Å²) in [7, 11) is 0. The zero-order chi connectivity index (χ0) is 39.6. The van der Waals surface area contributed by atoms with Crippen molar-refractivity contribution in [3.8, 4) is 23.6 Å². The van der Waals surface area contributed by atoms with Gasteiger partial charge >= 0.3 is 5.97 Å². The average Bonchev–Trinajstić information content (AvgIpc) is 3.59. The molecule has 0 bridgehead atoms. The number of esters is 1. The number of unbranched alkanes of at least 4 members (excludes halogenated alkanes) is 9. The maximum absolute atomic E-state index is 12.0. The van der Waals surface area contributed by atoms with Crippen molar-refractivity contribution >= 4 is 41.4 Å². The van der Waals surface area contributed by atoms with Crippen molar-refractivity contribution < 1.29 is 42.8 Å². The molecule has 0 aromatic heterocycles. The fraction of sp³-hybridized carbons (Fsp3) is 0.537. The van der Waals surface area contributed by atoms with Crippen LogP contribution in [0.25, 0.3) is 0 Å². The van der Waals surface area contributed by atoms with E-state index in [1.807, 2.05) is 25.1 Å². The SMILES string of the molecule is C=C(C)C(=C=O)OCCOCCCCCCCCOc1cc(C)c(OCCCCCCCC(=O)OCCOC(=C=O)C(=C)C)c2c1SC(=C(C#N)C#N)S2. The van der Waals surface area contributed by atoms with Crippen LogP contribution in [0.2, 0.25) is 0 Å². The Morgan fingerprint density at radius 2 is 1.17 bits per heavy atom. The molecule has 1 aromatic carbocycles. The lowest BCUT2D eigenvalue weighted by Crippen LogP contribution is -2.10. The number of ether oxygens (including phenoxy) is 6. The van der Waals surface area contributed by atoms with Gasteiger partial charge in [0, 0.05) is 13.0 Å². The van der Waals surface area contributed by atoms with Crippen LogP contribution in [-0.4, -0.2) is 64.1 Å². The van der Waals surface area contributed by atoms with Crippen LogP contribution in [-0.2, 0) is 33.3 Å². The van der Waals surface area contributed by atoms with Gasteiger partial charge in [-0.25, -0.2) is 9.59 Å². The summed E-state index contributed by atoms with van der Waals surface area (Å²) in [5.74, 6) is 4.75. The molecular formula is C41H52N2O9S2. The topological polar surface area (TPSA) is 154 Å². The second-order valence-corrected chi connectivity index (χ2v) is 14.9. The van der Waals surface area contributed by atoms with Crippen LogP contribution in [0.3, 0.4) is 0 Å². The van der Waals surface area contributed by atoms with E-state index in [2.05, 4.69) is 13.2 Å². The van der Waals surface area contributed by atoms with Crippen LogP contribution in [0.1, 0.15) is 96.5 Å². The van der Waals surface area contributed by atoms with Crippen molar-refractivity contribution in [1.82, 2.24) is 0 Å². The van der Waals surface area contributed by atoms with Gasteiger partial charge in [-0.05, 0) is 69.2 Å². The monoisotopic (exact) mass is 780 g/mol. The molecule has 0 saturated carbocycles. The summed E-state index contributed by atoms with van der Waals surface area (Å²) in [5.41, 5.74) is 2.02. The predicted octanol–water partition coefficient (Wildman–Crippen LogP) is 9.07. The Hall–Kier alpha value is -4.35. The largest absolute Gasteiger partial charge is 0.492 e. The number of fused-ring (bicyclic) bond motifs is 1. The van der Waals surface area contributed by atoms with E-state index < -0.39 is 0 Å². The molecule has 0 spiro atoms. The quantitative estimate of drug-likeness (QED) is 0.0190. The van der Waals surface area contributed by atoms with Gasteiger partial charge in [-0.15, -0.1) is 0 Å². The first-order chi connectivity index (χ1) is 26.2. The van der Waals surface area contributed by atoms with Crippen LogP contribution in [0.4, 0.5) is 0 Å². The van der Waals surface area contributed by atoms with E-state index in [0.717, 1.165) is 97.5 Å². The second kappa shape index (κ2) is 27.3. The first kappa shape index (κ1) is 45.8. The van der Waals surface area contributed by atoms with Crippen molar-refractivity contribution in [2.24, 2.45) is 0 Å². The van der Waals surface area contributed by atoms with Crippen molar-refractivity contribution in [3.63, 3.8) is 0 Å². The van der Waals surface area contributed by atoms with Gasteiger partial charge in [0.05, 0.1) is 33.8 Å². The fourth-order valence-electron chi connectivity index (χ4n) is 5.05. The van der Waals surface area contributed by atoms with Gasteiger partial charge in [-0.1, -0.05) is 81.6 Å². The molecule has 292 valence electrons. The first-order valence-corrected chi connectivity index (χ1v) is 19.9. The summed E-state index contributed by atoms with van der Waals surface area (Å²) in [4.78, 5) is 35.2. The molecule has 0 aliphatic carbocycles. The lowest BCUT2D eigenvalue weighted by atomic mass is 10.1. The van der Waals surface area contributed by atoms with Crippen molar-refractivity contribution in [1.29, 1.82) is 10.5 Å². The number of rotatable bonds is 29. The molecular weight excluding hydrogens is 729 g/mol. The summed E-state index contributed by atoms with van der Waals surface area (Å²) >= 11 is 2.76. The van der Waals surface area contributed by atoms with E-state index in [4.69, 9.17) is 28.4 Å². The minimum absolute atomic E-state index is 0.0324. The van der Waals surface area contributed by atoms with Crippen molar-refractivity contribution in [2.75, 3.05) is 46.2 Å². The first-order valence-electron chi connectivity index (χ1n) is 18.3. The van der Waals surface area contributed by atoms with E-state index in [0.29, 0.717) is 54.8 Å². The Bertz CT molecular complexity index is 1630. The average molecular weight is 781 g/mol. The Balaban J connectivity index is 1.71. The second-order valence-electron chi connectivity index (χ2n) is 12.6. The smallest absolute Gasteiger partial charge is 0.305 e. The molecule has 13 heteroatoms. The summed E-state index contributed by atoms with van der Waals surface area (Å²) in [5, 5.41) is 19.0. The van der Waals surface area contributed by atoms with Gasteiger partial charge in [-0.3, -0.25) is 4.79 Å². The van der Waals surface area contributed by atoms with Gasteiger partial charge in [0.15, 0.2) is 11.9 Å². The Labute approximate surface area is 328 Å². The van der Waals surface area contributed by atoms with Crippen molar-refractivity contribution in [3.05, 3.63) is 57.3 Å². The standard InChI is InChI=1S/C41H52N2O9S2/c1-30(2)35(28-44)49-22-21-47-18-14-10-6-7-11-15-19-48-34-25-32(5)38(40-39(34)53-41(54-40)33(26-42)27-43)52-20-16-12-8-9-13-17-37(46)51-24-23-50-36(29-45)31(3)4/h25H,1,3,6-24H2,2,4-5H3. The summed E-state index contributed by atoms with van der Waals surface area (Å²) in [6.45, 7) is 15.2. The molecule has 0 atom stereocenters. The maximum Gasteiger partial charge on any atom is 0.305 e. The molecule has 0 saturated heterocycles. The molecule has 2 rings (SSSR count). The van der Waals surface area contributed by atoms with Gasteiger partial charge in [-0.2, -0.15) is 10.5 Å². The normalized spacial score (nSPS) is 11.2. The van der Waals surface area contributed by atoms with E-state index >= 15 is 0 Å². The highest BCUT2D eigenvalue weighted by Gasteiger charge is 2.30. The number of allylic oxidation sites excluding steroid dienone is 3. The molecule has 0 amide bonds. The van der Waals surface area contributed by atoms with Crippen LogP contribution in [0, 0.1) is 29.6 Å². The number of nitrogens with zero attached hydrogens (tertiary/aromatic N) is 2. The zero-order valence-electron chi connectivity index (χ0n) is 31.8. The fourth-order valence-corrected chi connectivity index (χ4v) is 7.63. The lowest BCUT2D eigenvalue weighted by Gasteiger charge is -2.16. The highest BCUT2D eigenvalue weighted by atomic mass is 32.2. The van der Waals surface area contributed by atoms with Crippen LogP contribution in [0.5, 0.6) is 11.5 Å². The minimum atomic E-state index is -0.299. The number of carbonyl (C=O) groups is 1. The van der Waals surface area contributed by atoms with Crippen molar-refractivity contribution in [2.45, 2.75) is 108 Å². The summed E-state index contributed by atoms with van der Waals surface area (Å²) < 4.78 is 34.4. The highest BCUT2D eigenvalue weighted by molar-refractivity contribution is 8.24. The summed E-state index contributed by atoms with van der Waals surface area (Å²) in [6.07, 6.45) is 10.8. The molecule has 54 heavy (non-hydrogen) atoms.